The van der Waals surface area contributed by atoms with Crippen LogP contribution in [0.4, 0.5) is 0 Å². The molecule has 1 N–H and O–H groups in total. The number of aromatic nitrogens is 2. The Morgan fingerprint density at radius 1 is 1.32 bits per heavy atom. The van der Waals surface area contributed by atoms with E-state index in [1.807, 2.05) is 6.92 Å². The highest BCUT2D eigenvalue weighted by atomic mass is 16.5. The smallest absolute Gasteiger partial charge is 0.0676 e. The lowest BCUT2D eigenvalue weighted by Crippen LogP contribution is -2.29. The summed E-state index contributed by atoms with van der Waals surface area (Å²) in [6, 6.07) is 2.49. The molecule has 4 heteroatoms. The summed E-state index contributed by atoms with van der Waals surface area (Å²) in [6.07, 6.45) is 1.96. The molecule has 0 saturated heterocycles. The molecule has 0 aliphatic rings. The first-order valence-corrected chi connectivity index (χ1v) is 7.19. The molecule has 0 aromatic carbocycles. The van der Waals surface area contributed by atoms with Crippen LogP contribution in [-0.2, 0) is 11.2 Å². The van der Waals surface area contributed by atoms with Crippen LogP contribution >= 0.6 is 0 Å². The monoisotopic (exact) mass is 265 g/mol. The second kappa shape index (κ2) is 8.23. The average Bonchev–Trinajstić information content (AvgIpc) is 2.42. The maximum absolute atomic E-state index is 5.20. The summed E-state index contributed by atoms with van der Waals surface area (Å²) in [4.78, 5) is 0. The molecular formula is C15H27N3O. The molecule has 2 atom stereocenters. The molecule has 0 fully saturated rings. The SMILES string of the molecule is CCNC(c1cc(C)nnc1CC)C(C)CCOC. The first kappa shape index (κ1) is 16.1. The maximum atomic E-state index is 5.20. The van der Waals surface area contributed by atoms with Crippen LogP contribution in [-0.4, -0.2) is 30.5 Å². The Bertz CT molecular complexity index is 382. The van der Waals surface area contributed by atoms with Crippen molar-refractivity contribution in [3.05, 3.63) is 23.0 Å². The number of ether oxygens (including phenoxy) is 1. The standard InChI is InChI=1S/C15H27N3O/c1-6-14-13(10-12(4)17-18-14)15(16-7-2)11(3)8-9-19-5/h10-11,15-16H,6-9H2,1-5H3. The maximum Gasteiger partial charge on any atom is 0.0676 e. The molecule has 0 aliphatic carbocycles. The summed E-state index contributed by atoms with van der Waals surface area (Å²) in [5, 5.41) is 12.1. The highest BCUT2D eigenvalue weighted by Gasteiger charge is 2.21. The zero-order valence-corrected chi connectivity index (χ0v) is 12.9. The van der Waals surface area contributed by atoms with E-state index in [0.29, 0.717) is 12.0 Å². The summed E-state index contributed by atoms with van der Waals surface area (Å²) in [7, 11) is 1.75. The van der Waals surface area contributed by atoms with Crippen molar-refractivity contribution in [1.82, 2.24) is 15.5 Å². The predicted molar refractivity (Wildman–Crippen MR) is 78.2 cm³/mol. The number of nitrogens with zero attached hydrogens (tertiary/aromatic N) is 2. The first-order chi connectivity index (χ1) is 9.13. The number of hydrogen-bond acceptors (Lipinski definition) is 4. The van der Waals surface area contributed by atoms with E-state index in [0.717, 1.165) is 37.4 Å². The molecule has 1 heterocycles. The van der Waals surface area contributed by atoms with Crippen molar-refractivity contribution in [2.24, 2.45) is 5.92 Å². The third-order valence-corrected chi connectivity index (χ3v) is 3.47. The largest absolute Gasteiger partial charge is 0.385 e. The lowest BCUT2D eigenvalue weighted by molar-refractivity contribution is 0.170. The number of hydrogen-bond donors (Lipinski definition) is 1. The summed E-state index contributed by atoms with van der Waals surface area (Å²) < 4.78 is 5.20. The van der Waals surface area contributed by atoms with E-state index in [9.17, 15) is 0 Å². The van der Waals surface area contributed by atoms with Gasteiger partial charge in [0.1, 0.15) is 0 Å². The van der Waals surface area contributed by atoms with Gasteiger partial charge in [0.25, 0.3) is 0 Å². The van der Waals surface area contributed by atoms with Gasteiger partial charge in [0.15, 0.2) is 0 Å². The minimum absolute atomic E-state index is 0.323. The average molecular weight is 265 g/mol. The Balaban J connectivity index is 2.99. The van der Waals surface area contributed by atoms with Crippen molar-refractivity contribution in [3.63, 3.8) is 0 Å². The topological polar surface area (TPSA) is 47.0 Å². The van der Waals surface area contributed by atoms with Crippen LogP contribution in [0.15, 0.2) is 6.07 Å². The Morgan fingerprint density at radius 3 is 2.63 bits per heavy atom. The predicted octanol–water partition coefficient (Wildman–Crippen LogP) is 2.67. The van der Waals surface area contributed by atoms with Crippen LogP contribution in [0.1, 0.15) is 50.2 Å². The van der Waals surface area contributed by atoms with Crippen LogP contribution in [0.5, 0.6) is 0 Å². The molecule has 108 valence electrons. The second-order valence-electron chi connectivity index (χ2n) is 5.04. The van der Waals surface area contributed by atoms with Gasteiger partial charge in [-0.3, -0.25) is 0 Å². The van der Waals surface area contributed by atoms with Crippen molar-refractivity contribution in [2.75, 3.05) is 20.3 Å². The van der Waals surface area contributed by atoms with Crippen LogP contribution in [0.3, 0.4) is 0 Å². The van der Waals surface area contributed by atoms with Crippen molar-refractivity contribution in [3.8, 4) is 0 Å². The van der Waals surface area contributed by atoms with Gasteiger partial charge in [-0.2, -0.15) is 10.2 Å². The number of aryl methyl sites for hydroxylation is 2. The molecule has 0 bridgehead atoms. The summed E-state index contributed by atoms with van der Waals surface area (Å²) >= 11 is 0. The van der Waals surface area contributed by atoms with Gasteiger partial charge in [0.2, 0.25) is 0 Å². The molecular weight excluding hydrogens is 238 g/mol. The summed E-state index contributed by atoms with van der Waals surface area (Å²) in [5.74, 6) is 0.508. The van der Waals surface area contributed by atoms with Gasteiger partial charge in [0.05, 0.1) is 11.4 Å². The van der Waals surface area contributed by atoms with E-state index in [-0.39, 0.29) is 0 Å². The number of nitrogens with one attached hydrogen (secondary N) is 1. The lowest BCUT2D eigenvalue weighted by atomic mass is 9.90. The second-order valence-corrected chi connectivity index (χ2v) is 5.04. The number of rotatable bonds is 8. The fourth-order valence-corrected chi connectivity index (χ4v) is 2.39. The number of methoxy groups -OCH3 is 1. The Hall–Kier alpha value is -1.00. The molecule has 0 saturated carbocycles. The minimum Gasteiger partial charge on any atom is -0.385 e. The van der Waals surface area contributed by atoms with Gasteiger partial charge in [0, 0.05) is 19.8 Å². The molecule has 0 radical (unpaired) electrons. The van der Waals surface area contributed by atoms with Crippen LogP contribution in [0.25, 0.3) is 0 Å². The van der Waals surface area contributed by atoms with E-state index in [4.69, 9.17) is 4.74 Å². The molecule has 4 nitrogen and oxygen atoms in total. The molecule has 1 aromatic rings. The Kier molecular flexibility index (Phi) is 6.95. The van der Waals surface area contributed by atoms with E-state index in [2.05, 4.69) is 42.4 Å². The van der Waals surface area contributed by atoms with Crippen molar-refractivity contribution in [1.29, 1.82) is 0 Å². The zero-order chi connectivity index (χ0) is 14.3. The molecule has 1 aromatic heterocycles. The normalized spacial score (nSPS) is 14.4. The zero-order valence-electron chi connectivity index (χ0n) is 12.9. The molecule has 0 amide bonds. The Morgan fingerprint density at radius 2 is 2.05 bits per heavy atom. The van der Waals surface area contributed by atoms with E-state index < -0.39 is 0 Å². The minimum atomic E-state index is 0.323. The van der Waals surface area contributed by atoms with Crippen LogP contribution in [0.2, 0.25) is 0 Å². The molecule has 0 aliphatic heterocycles. The molecule has 19 heavy (non-hydrogen) atoms. The quantitative estimate of drug-likeness (QED) is 0.785. The van der Waals surface area contributed by atoms with Gasteiger partial charge in [-0.1, -0.05) is 20.8 Å². The Labute approximate surface area is 117 Å². The fraction of sp³-hybridized carbons (Fsp3) is 0.733. The van der Waals surface area contributed by atoms with Crippen LogP contribution < -0.4 is 5.32 Å². The van der Waals surface area contributed by atoms with Gasteiger partial charge in [-0.05, 0) is 43.9 Å². The van der Waals surface area contributed by atoms with E-state index in [1.54, 1.807) is 7.11 Å². The molecule has 2 unspecified atom stereocenters. The fourth-order valence-electron chi connectivity index (χ4n) is 2.39. The van der Waals surface area contributed by atoms with Crippen molar-refractivity contribution in [2.45, 2.75) is 46.6 Å². The lowest BCUT2D eigenvalue weighted by Gasteiger charge is -2.26. The van der Waals surface area contributed by atoms with Gasteiger partial charge in [-0.15, -0.1) is 0 Å². The molecule has 1 rings (SSSR count). The highest BCUT2D eigenvalue weighted by molar-refractivity contribution is 5.25. The third-order valence-electron chi connectivity index (χ3n) is 3.47. The van der Waals surface area contributed by atoms with Crippen LogP contribution in [0, 0.1) is 12.8 Å². The summed E-state index contributed by atoms with van der Waals surface area (Å²) in [6.45, 7) is 10.3. The first-order valence-electron chi connectivity index (χ1n) is 7.19. The third kappa shape index (κ3) is 4.55. The molecule has 0 spiro atoms. The van der Waals surface area contributed by atoms with Gasteiger partial charge < -0.3 is 10.1 Å². The van der Waals surface area contributed by atoms with E-state index in [1.165, 1.54) is 5.56 Å². The van der Waals surface area contributed by atoms with Gasteiger partial charge in [-0.25, -0.2) is 0 Å². The van der Waals surface area contributed by atoms with Crippen molar-refractivity contribution < 1.29 is 4.74 Å². The highest BCUT2D eigenvalue weighted by Crippen LogP contribution is 2.27. The van der Waals surface area contributed by atoms with E-state index >= 15 is 0 Å². The summed E-state index contributed by atoms with van der Waals surface area (Å²) in [5.41, 5.74) is 3.37. The van der Waals surface area contributed by atoms with Gasteiger partial charge >= 0.3 is 0 Å². The van der Waals surface area contributed by atoms with Crippen molar-refractivity contribution >= 4 is 0 Å².